The maximum Gasteiger partial charge on any atom is 0.265 e. The SMILES string of the molecule is COc1cc(N)ccc1S(=O)(=O)Nc1ccccc1CNC(C)CC1CCCCC1. The molecule has 4 N–H and O–H groups in total. The van der Waals surface area contributed by atoms with Crippen molar-refractivity contribution in [2.75, 3.05) is 17.6 Å². The molecular formula is C23H33N3O3S. The Morgan fingerprint density at radius 3 is 2.60 bits per heavy atom. The van der Waals surface area contributed by atoms with Crippen LogP contribution < -0.4 is 20.5 Å². The van der Waals surface area contributed by atoms with Gasteiger partial charge in [-0.2, -0.15) is 0 Å². The maximum atomic E-state index is 13.0. The summed E-state index contributed by atoms with van der Waals surface area (Å²) in [5, 5.41) is 3.57. The summed E-state index contributed by atoms with van der Waals surface area (Å²) < 4.78 is 33.9. The average molecular weight is 432 g/mol. The van der Waals surface area contributed by atoms with Crippen molar-refractivity contribution in [2.24, 2.45) is 5.92 Å². The topological polar surface area (TPSA) is 93.5 Å². The highest BCUT2D eigenvalue weighted by molar-refractivity contribution is 7.92. The minimum Gasteiger partial charge on any atom is -0.495 e. The second-order valence-corrected chi connectivity index (χ2v) is 9.85. The Hall–Kier alpha value is -2.25. The second kappa shape index (κ2) is 10.2. The number of nitrogens with two attached hydrogens (primary N) is 1. The summed E-state index contributed by atoms with van der Waals surface area (Å²) in [4.78, 5) is 0.0626. The highest BCUT2D eigenvalue weighted by Crippen LogP contribution is 2.29. The van der Waals surface area contributed by atoms with Gasteiger partial charge in [-0.1, -0.05) is 50.3 Å². The molecule has 0 amide bonds. The van der Waals surface area contributed by atoms with Crippen LogP contribution in [0.3, 0.4) is 0 Å². The zero-order valence-corrected chi connectivity index (χ0v) is 18.7. The summed E-state index contributed by atoms with van der Waals surface area (Å²) in [7, 11) is -2.39. The molecule has 2 aromatic carbocycles. The Morgan fingerprint density at radius 2 is 1.87 bits per heavy atom. The Balaban J connectivity index is 1.69. The van der Waals surface area contributed by atoms with Gasteiger partial charge in [0.2, 0.25) is 0 Å². The molecule has 164 valence electrons. The average Bonchev–Trinajstić information content (AvgIpc) is 2.73. The minimum atomic E-state index is -3.81. The van der Waals surface area contributed by atoms with Crippen molar-refractivity contribution in [3.63, 3.8) is 0 Å². The molecule has 0 radical (unpaired) electrons. The molecule has 1 aliphatic rings. The van der Waals surface area contributed by atoms with E-state index in [1.807, 2.05) is 18.2 Å². The Morgan fingerprint density at radius 1 is 1.13 bits per heavy atom. The van der Waals surface area contributed by atoms with Gasteiger partial charge in [0, 0.05) is 24.3 Å². The molecule has 30 heavy (non-hydrogen) atoms. The number of nitrogens with one attached hydrogen (secondary N) is 2. The number of nitrogen functional groups attached to an aromatic ring is 1. The van der Waals surface area contributed by atoms with Gasteiger partial charge < -0.3 is 15.8 Å². The first-order chi connectivity index (χ1) is 14.4. The molecule has 2 aromatic rings. The first-order valence-electron chi connectivity index (χ1n) is 10.7. The zero-order chi connectivity index (χ0) is 21.6. The van der Waals surface area contributed by atoms with Crippen LogP contribution in [0, 0.1) is 5.92 Å². The van der Waals surface area contributed by atoms with Gasteiger partial charge in [0.15, 0.2) is 0 Å². The molecule has 3 rings (SSSR count). The number of methoxy groups -OCH3 is 1. The van der Waals surface area contributed by atoms with E-state index >= 15 is 0 Å². The lowest BCUT2D eigenvalue weighted by atomic mass is 9.85. The normalized spacial score (nSPS) is 16.2. The first kappa shape index (κ1) is 22.4. The first-order valence-corrected chi connectivity index (χ1v) is 12.1. The van der Waals surface area contributed by atoms with E-state index in [1.165, 1.54) is 51.3 Å². The van der Waals surface area contributed by atoms with Crippen LogP contribution in [-0.2, 0) is 16.6 Å². The van der Waals surface area contributed by atoms with Gasteiger partial charge in [0.05, 0.1) is 12.8 Å². The number of rotatable bonds is 9. The van der Waals surface area contributed by atoms with E-state index in [-0.39, 0.29) is 10.6 Å². The maximum absolute atomic E-state index is 13.0. The molecule has 0 spiro atoms. The van der Waals surface area contributed by atoms with E-state index in [4.69, 9.17) is 10.5 Å². The van der Waals surface area contributed by atoms with Gasteiger partial charge in [-0.3, -0.25) is 4.72 Å². The summed E-state index contributed by atoms with van der Waals surface area (Å²) in [6.45, 7) is 2.81. The predicted octanol–water partition coefficient (Wildman–Crippen LogP) is 4.53. The number of benzene rings is 2. The third-order valence-electron chi connectivity index (χ3n) is 5.79. The van der Waals surface area contributed by atoms with Gasteiger partial charge in [-0.25, -0.2) is 8.42 Å². The van der Waals surface area contributed by atoms with E-state index < -0.39 is 10.0 Å². The van der Waals surface area contributed by atoms with Crippen molar-refractivity contribution in [1.29, 1.82) is 0 Å². The van der Waals surface area contributed by atoms with Crippen LogP contribution in [0.5, 0.6) is 5.75 Å². The van der Waals surface area contributed by atoms with Gasteiger partial charge in [0.1, 0.15) is 10.6 Å². The zero-order valence-electron chi connectivity index (χ0n) is 17.9. The number of para-hydroxylation sites is 1. The summed E-state index contributed by atoms with van der Waals surface area (Å²) in [6.07, 6.45) is 7.87. The molecule has 6 nitrogen and oxygen atoms in total. The lowest BCUT2D eigenvalue weighted by molar-refractivity contribution is 0.305. The highest BCUT2D eigenvalue weighted by Gasteiger charge is 2.21. The molecular weight excluding hydrogens is 398 g/mol. The van der Waals surface area contributed by atoms with E-state index in [9.17, 15) is 8.42 Å². The van der Waals surface area contributed by atoms with Crippen LogP contribution >= 0.6 is 0 Å². The van der Waals surface area contributed by atoms with Crippen molar-refractivity contribution in [1.82, 2.24) is 5.32 Å². The molecule has 7 heteroatoms. The van der Waals surface area contributed by atoms with E-state index in [1.54, 1.807) is 12.1 Å². The lowest BCUT2D eigenvalue weighted by Gasteiger charge is -2.25. The minimum absolute atomic E-state index is 0.0626. The third-order valence-corrected chi connectivity index (χ3v) is 7.20. The lowest BCUT2D eigenvalue weighted by Crippen LogP contribution is -2.29. The number of hydrogen-bond acceptors (Lipinski definition) is 5. The number of ether oxygens (including phenoxy) is 1. The van der Waals surface area contributed by atoms with E-state index in [0.29, 0.717) is 24.0 Å². The molecule has 0 aromatic heterocycles. The van der Waals surface area contributed by atoms with Gasteiger partial charge in [-0.15, -0.1) is 0 Å². The number of hydrogen-bond donors (Lipinski definition) is 3. The van der Waals surface area contributed by atoms with E-state index in [2.05, 4.69) is 17.0 Å². The molecule has 0 heterocycles. The van der Waals surface area contributed by atoms with Crippen LogP contribution in [0.4, 0.5) is 11.4 Å². The third kappa shape index (κ3) is 5.89. The molecule has 1 saturated carbocycles. The van der Waals surface area contributed by atoms with Crippen LogP contribution in [0.15, 0.2) is 47.4 Å². The Kier molecular flexibility index (Phi) is 7.61. The predicted molar refractivity (Wildman–Crippen MR) is 122 cm³/mol. The Bertz CT molecular complexity index is 940. The molecule has 0 bridgehead atoms. The van der Waals surface area contributed by atoms with Crippen molar-refractivity contribution in [2.45, 2.75) is 62.9 Å². The molecule has 1 aliphatic carbocycles. The van der Waals surface area contributed by atoms with Crippen LogP contribution in [0.1, 0.15) is 51.0 Å². The Labute approximate surface area is 180 Å². The number of anilines is 2. The molecule has 1 fully saturated rings. The largest absolute Gasteiger partial charge is 0.495 e. The standard InChI is InChI=1S/C23H33N3O3S/c1-17(14-18-8-4-3-5-9-18)25-16-19-10-6-7-11-21(19)26-30(27,28)23-13-12-20(24)15-22(23)29-2/h6-7,10-13,15,17-18,25-26H,3-5,8-9,14,16,24H2,1-2H3. The number of sulfonamides is 1. The highest BCUT2D eigenvalue weighted by atomic mass is 32.2. The molecule has 0 aliphatic heterocycles. The smallest absolute Gasteiger partial charge is 0.265 e. The molecule has 1 atom stereocenters. The summed E-state index contributed by atoms with van der Waals surface area (Å²) in [5.74, 6) is 1.02. The van der Waals surface area contributed by atoms with Crippen molar-refractivity contribution in [3.8, 4) is 5.75 Å². The van der Waals surface area contributed by atoms with Crippen molar-refractivity contribution in [3.05, 3.63) is 48.0 Å². The van der Waals surface area contributed by atoms with Crippen molar-refractivity contribution >= 4 is 21.4 Å². The quantitative estimate of drug-likeness (QED) is 0.507. The van der Waals surface area contributed by atoms with E-state index in [0.717, 1.165) is 17.9 Å². The fraction of sp³-hybridized carbons (Fsp3) is 0.478. The molecule has 0 saturated heterocycles. The van der Waals surface area contributed by atoms with Crippen molar-refractivity contribution < 1.29 is 13.2 Å². The summed E-state index contributed by atoms with van der Waals surface area (Å²) in [6, 6.07) is 12.4. The summed E-state index contributed by atoms with van der Waals surface area (Å²) in [5.41, 5.74) is 7.67. The monoisotopic (exact) mass is 431 g/mol. The summed E-state index contributed by atoms with van der Waals surface area (Å²) >= 11 is 0. The van der Waals surface area contributed by atoms with Crippen LogP contribution in [-0.4, -0.2) is 21.6 Å². The fourth-order valence-corrected chi connectivity index (χ4v) is 5.42. The second-order valence-electron chi connectivity index (χ2n) is 8.19. The molecule has 1 unspecified atom stereocenters. The van der Waals surface area contributed by atoms with Gasteiger partial charge in [0.25, 0.3) is 10.0 Å². The van der Waals surface area contributed by atoms with Crippen LogP contribution in [0.25, 0.3) is 0 Å². The van der Waals surface area contributed by atoms with Gasteiger partial charge in [-0.05, 0) is 43.0 Å². The van der Waals surface area contributed by atoms with Gasteiger partial charge >= 0.3 is 0 Å². The fourth-order valence-electron chi connectivity index (χ4n) is 4.17. The van der Waals surface area contributed by atoms with Crippen LogP contribution in [0.2, 0.25) is 0 Å².